The van der Waals surface area contributed by atoms with Crippen molar-refractivity contribution in [1.82, 2.24) is 10.3 Å². The van der Waals surface area contributed by atoms with E-state index in [2.05, 4.69) is 32.7 Å². The van der Waals surface area contributed by atoms with Crippen LogP contribution in [0.1, 0.15) is 12.0 Å². The largest absolute Gasteiger partial charge is 0.421 e. The number of oxazole rings is 1. The maximum absolute atomic E-state index is 6.28. The molecule has 4 rings (SSSR count). The van der Waals surface area contributed by atoms with Crippen LogP contribution in [-0.4, -0.2) is 31.2 Å². The summed E-state index contributed by atoms with van der Waals surface area (Å²) in [4.78, 5) is 6.85. The van der Waals surface area contributed by atoms with Gasteiger partial charge in [-0.3, -0.25) is 0 Å². The fourth-order valence-corrected chi connectivity index (χ4v) is 3.30. The molecule has 0 saturated carbocycles. The Bertz CT molecular complexity index is 841. The van der Waals surface area contributed by atoms with Gasteiger partial charge < -0.3 is 20.0 Å². The molecule has 2 heterocycles. The molecule has 3 aromatic rings. The lowest BCUT2D eigenvalue weighted by atomic mass is 10.2. The summed E-state index contributed by atoms with van der Waals surface area (Å²) in [6, 6.07) is 14.7. The Morgan fingerprint density at radius 1 is 1.16 bits per heavy atom. The van der Waals surface area contributed by atoms with E-state index in [4.69, 9.17) is 16.0 Å². The zero-order valence-corrected chi connectivity index (χ0v) is 14.7. The van der Waals surface area contributed by atoms with E-state index in [9.17, 15) is 0 Å². The van der Waals surface area contributed by atoms with Gasteiger partial charge in [0, 0.05) is 31.2 Å². The molecule has 0 bridgehead atoms. The first-order valence-electron chi connectivity index (χ1n) is 8.63. The van der Waals surface area contributed by atoms with E-state index in [1.54, 1.807) is 0 Å². The number of fused-ring (bicyclic) bond motifs is 1. The van der Waals surface area contributed by atoms with E-state index in [0.29, 0.717) is 17.6 Å². The van der Waals surface area contributed by atoms with Crippen LogP contribution < -0.4 is 15.5 Å². The molecule has 0 radical (unpaired) electrons. The monoisotopic (exact) mass is 356 g/mol. The Kier molecular flexibility index (Phi) is 4.76. The highest BCUT2D eigenvalue weighted by atomic mass is 35.5. The van der Waals surface area contributed by atoms with Crippen molar-refractivity contribution in [3.63, 3.8) is 0 Å². The van der Waals surface area contributed by atoms with Crippen molar-refractivity contribution >= 4 is 34.4 Å². The zero-order chi connectivity index (χ0) is 17.1. The van der Waals surface area contributed by atoms with Crippen molar-refractivity contribution in [1.29, 1.82) is 0 Å². The Morgan fingerprint density at radius 3 is 2.92 bits per heavy atom. The first-order valence-corrected chi connectivity index (χ1v) is 9.01. The van der Waals surface area contributed by atoms with Crippen LogP contribution in [0.2, 0.25) is 5.02 Å². The fraction of sp³-hybridized carbons (Fsp3) is 0.316. The number of benzene rings is 2. The van der Waals surface area contributed by atoms with E-state index in [-0.39, 0.29) is 0 Å². The van der Waals surface area contributed by atoms with Crippen molar-refractivity contribution in [3.05, 3.63) is 53.1 Å². The van der Waals surface area contributed by atoms with Gasteiger partial charge in [0.05, 0.1) is 5.69 Å². The summed E-state index contributed by atoms with van der Waals surface area (Å²) in [5.74, 6) is 0. The van der Waals surface area contributed by atoms with E-state index in [1.807, 2.05) is 30.3 Å². The molecule has 1 aliphatic heterocycles. The van der Waals surface area contributed by atoms with Crippen LogP contribution in [0, 0.1) is 0 Å². The third-order valence-corrected chi connectivity index (χ3v) is 4.60. The van der Waals surface area contributed by atoms with Gasteiger partial charge in [-0.05, 0) is 30.7 Å². The molecule has 0 unspecified atom stereocenters. The molecule has 6 heteroatoms. The second-order valence-corrected chi connectivity index (χ2v) is 6.66. The van der Waals surface area contributed by atoms with Gasteiger partial charge in [-0.25, -0.2) is 0 Å². The highest BCUT2D eigenvalue weighted by molar-refractivity contribution is 6.31. The zero-order valence-electron chi connectivity index (χ0n) is 14.0. The van der Waals surface area contributed by atoms with E-state index >= 15 is 0 Å². The fourth-order valence-electron chi connectivity index (χ4n) is 3.08. The van der Waals surface area contributed by atoms with E-state index in [1.165, 1.54) is 5.56 Å². The van der Waals surface area contributed by atoms with Crippen molar-refractivity contribution < 1.29 is 4.42 Å². The Balaban J connectivity index is 1.62. The molecular formula is C19H21ClN4O. The average Bonchev–Trinajstić information content (AvgIpc) is 2.87. The molecule has 2 N–H and O–H groups in total. The number of rotatable bonds is 4. The summed E-state index contributed by atoms with van der Waals surface area (Å²) in [5, 5.41) is 7.47. The predicted octanol–water partition coefficient (Wildman–Crippen LogP) is 3.89. The number of halogens is 1. The second kappa shape index (κ2) is 7.33. The summed E-state index contributed by atoms with van der Waals surface area (Å²) < 4.78 is 6.10. The van der Waals surface area contributed by atoms with Crippen molar-refractivity contribution in [2.45, 2.75) is 13.0 Å². The molecule has 0 aliphatic carbocycles. The van der Waals surface area contributed by atoms with Gasteiger partial charge in [0.1, 0.15) is 5.52 Å². The first kappa shape index (κ1) is 16.2. The molecule has 5 nitrogen and oxygen atoms in total. The minimum Gasteiger partial charge on any atom is -0.421 e. The highest BCUT2D eigenvalue weighted by Gasteiger charge is 2.18. The Morgan fingerprint density at radius 2 is 2.04 bits per heavy atom. The Hall–Kier alpha value is -2.24. The van der Waals surface area contributed by atoms with Gasteiger partial charge in [0.2, 0.25) is 0 Å². The minimum atomic E-state index is 0.653. The summed E-state index contributed by atoms with van der Waals surface area (Å²) in [5.41, 5.74) is 3.62. The minimum absolute atomic E-state index is 0.653. The maximum Gasteiger partial charge on any atom is 0.298 e. The molecular weight excluding hydrogens is 336 g/mol. The van der Waals surface area contributed by atoms with Gasteiger partial charge >= 0.3 is 0 Å². The third kappa shape index (κ3) is 3.72. The number of anilines is 2. The number of nitrogens with one attached hydrogen (secondary N) is 2. The molecule has 1 saturated heterocycles. The number of aromatic nitrogens is 1. The summed E-state index contributed by atoms with van der Waals surface area (Å²) >= 11 is 6.28. The van der Waals surface area contributed by atoms with Gasteiger partial charge in [0.15, 0.2) is 5.58 Å². The molecule has 1 aliphatic rings. The van der Waals surface area contributed by atoms with Crippen LogP contribution in [0.4, 0.5) is 11.7 Å². The first-order chi connectivity index (χ1) is 12.3. The lowest BCUT2D eigenvalue weighted by Crippen LogP contribution is -2.27. The van der Waals surface area contributed by atoms with E-state index < -0.39 is 0 Å². The van der Waals surface area contributed by atoms with Crippen LogP contribution in [0.5, 0.6) is 0 Å². The van der Waals surface area contributed by atoms with E-state index in [0.717, 1.165) is 49.4 Å². The molecule has 1 fully saturated rings. The van der Waals surface area contributed by atoms with Gasteiger partial charge in [0.25, 0.3) is 6.01 Å². The molecule has 1 aromatic heterocycles. The normalized spacial score (nSPS) is 15.3. The van der Waals surface area contributed by atoms with Crippen LogP contribution >= 0.6 is 11.6 Å². The maximum atomic E-state index is 6.28. The third-order valence-electron chi connectivity index (χ3n) is 4.38. The molecule has 0 amide bonds. The Labute approximate surface area is 152 Å². The lowest BCUT2D eigenvalue weighted by Gasteiger charge is -2.16. The van der Waals surface area contributed by atoms with Crippen LogP contribution in [0.3, 0.4) is 0 Å². The lowest BCUT2D eigenvalue weighted by molar-refractivity contribution is 0.571. The standard InChI is InChI=1S/C19H21ClN4O/c20-15-11-16(22-13-14-5-2-1-3-6-14)18-17(12-15)23-19(25-18)24-9-4-7-21-8-10-24/h1-3,5-6,11-12,21-22H,4,7-10,13H2. The molecule has 2 aromatic carbocycles. The topological polar surface area (TPSA) is 53.3 Å². The van der Waals surface area contributed by atoms with Crippen molar-refractivity contribution in [2.75, 3.05) is 36.4 Å². The van der Waals surface area contributed by atoms with Crippen LogP contribution in [0.25, 0.3) is 11.1 Å². The van der Waals surface area contributed by atoms with Gasteiger partial charge in [-0.1, -0.05) is 41.9 Å². The average molecular weight is 357 g/mol. The summed E-state index contributed by atoms with van der Waals surface area (Å²) in [6.45, 7) is 4.53. The highest BCUT2D eigenvalue weighted by Crippen LogP contribution is 2.32. The number of hydrogen-bond donors (Lipinski definition) is 2. The molecule has 0 spiro atoms. The van der Waals surface area contributed by atoms with Crippen molar-refractivity contribution in [3.8, 4) is 0 Å². The molecule has 130 valence electrons. The summed E-state index contributed by atoms with van der Waals surface area (Å²) in [7, 11) is 0. The van der Waals surface area contributed by atoms with Gasteiger partial charge in [-0.15, -0.1) is 0 Å². The van der Waals surface area contributed by atoms with Crippen molar-refractivity contribution in [2.24, 2.45) is 0 Å². The number of nitrogens with zero attached hydrogens (tertiary/aromatic N) is 2. The SMILES string of the molecule is Clc1cc(NCc2ccccc2)c2oc(N3CCCNCC3)nc2c1. The quantitative estimate of drug-likeness (QED) is 0.742. The number of hydrogen-bond acceptors (Lipinski definition) is 5. The smallest absolute Gasteiger partial charge is 0.298 e. The predicted molar refractivity (Wildman–Crippen MR) is 102 cm³/mol. The van der Waals surface area contributed by atoms with Crippen LogP contribution in [0.15, 0.2) is 46.9 Å². The molecule has 0 atom stereocenters. The second-order valence-electron chi connectivity index (χ2n) is 6.23. The van der Waals surface area contributed by atoms with Gasteiger partial charge in [-0.2, -0.15) is 4.98 Å². The van der Waals surface area contributed by atoms with Crippen LogP contribution in [-0.2, 0) is 6.54 Å². The summed E-state index contributed by atoms with van der Waals surface area (Å²) in [6.07, 6.45) is 1.08. The molecule has 25 heavy (non-hydrogen) atoms.